The molecular weight excluding hydrogens is 346 g/mol. The minimum absolute atomic E-state index is 0.0564. The second-order valence-electron chi connectivity index (χ2n) is 5.00. The van der Waals surface area contributed by atoms with E-state index in [4.69, 9.17) is 4.74 Å². The Morgan fingerprint density at radius 1 is 1.41 bits per heavy atom. The predicted molar refractivity (Wildman–Crippen MR) is 87.9 cm³/mol. The molecule has 0 fully saturated rings. The van der Waals surface area contributed by atoms with Gasteiger partial charge in [0.05, 0.1) is 12.7 Å². The van der Waals surface area contributed by atoms with E-state index in [1.54, 1.807) is 24.5 Å². The van der Waals surface area contributed by atoms with Crippen molar-refractivity contribution in [3.05, 3.63) is 63.9 Å². The van der Waals surface area contributed by atoms with Crippen molar-refractivity contribution in [1.82, 2.24) is 4.98 Å². The van der Waals surface area contributed by atoms with Gasteiger partial charge < -0.3 is 9.84 Å². The molecule has 0 spiro atoms. The molecule has 2 aromatic rings. The second-order valence-corrected chi connectivity index (χ2v) is 5.86. The molecule has 0 saturated carbocycles. The molecule has 0 radical (unpaired) electrons. The van der Waals surface area contributed by atoms with Gasteiger partial charge in [0.1, 0.15) is 0 Å². The third-order valence-corrected chi connectivity index (χ3v) is 4.35. The number of aromatic nitrogens is 1. The largest absolute Gasteiger partial charge is 0.465 e. The number of hydrogen-bond acceptors (Lipinski definition) is 4. The average molecular weight is 364 g/mol. The van der Waals surface area contributed by atoms with E-state index in [-0.39, 0.29) is 18.5 Å². The first kappa shape index (κ1) is 16.6. The van der Waals surface area contributed by atoms with E-state index in [0.717, 1.165) is 28.4 Å². The van der Waals surface area contributed by atoms with Gasteiger partial charge in [-0.25, -0.2) is 4.79 Å². The van der Waals surface area contributed by atoms with Crippen LogP contribution in [0.5, 0.6) is 0 Å². The molecule has 0 saturated heterocycles. The third kappa shape index (κ3) is 4.15. The minimum Gasteiger partial charge on any atom is -0.465 e. The average Bonchev–Trinajstić information content (AvgIpc) is 2.56. The summed E-state index contributed by atoms with van der Waals surface area (Å²) in [7, 11) is 1.36. The molecule has 116 valence electrons. The number of aliphatic hydroxyl groups excluding tert-OH is 1. The lowest BCUT2D eigenvalue weighted by molar-refractivity contribution is 0.0600. The van der Waals surface area contributed by atoms with Crippen molar-refractivity contribution in [2.45, 2.75) is 18.8 Å². The smallest absolute Gasteiger partial charge is 0.337 e. The Hall–Kier alpha value is -1.72. The number of halogens is 1. The monoisotopic (exact) mass is 363 g/mol. The van der Waals surface area contributed by atoms with Crippen LogP contribution in [-0.2, 0) is 11.2 Å². The standard InChI is InChI=1S/C17H18BrNO3/c1-22-17(21)13-6-4-12(16(18)9-13)5-7-15(11-20)14-3-2-8-19-10-14/h2-4,6,8-10,15,20H,5,7,11H2,1H3. The highest BCUT2D eigenvalue weighted by Gasteiger charge is 2.13. The molecule has 1 unspecified atom stereocenters. The van der Waals surface area contributed by atoms with Crippen molar-refractivity contribution in [1.29, 1.82) is 0 Å². The number of ether oxygens (including phenoxy) is 1. The Kier molecular flexibility index (Phi) is 6.10. The molecule has 0 aliphatic carbocycles. The molecule has 0 aliphatic rings. The number of pyridine rings is 1. The van der Waals surface area contributed by atoms with Crippen molar-refractivity contribution >= 4 is 21.9 Å². The first-order valence-electron chi connectivity index (χ1n) is 7.03. The fraction of sp³-hybridized carbons (Fsp3) is 0.294. The zero-order chi connectivity index (χ0) is 15.9. The van der Waals surface area contributed by atoms with Gasteiger partial charge in [-0.1, -0.05) is 28.1 Å². The lowest BCUT2D eigenvalue weighted by Crippen LogP contribution is -2.07. The van der Waals surface area contributed by atoms with Crippen LogP contribution in [0.25, 0.3) is 0 Å². The van der Waals surface area contributed by atoms with Crippen LogP contribution in [0.1, 0.15) is 33.8 Å². The highest BCUT2D eigenvalue weighted by Crippen LogP contribution is 2.25. The molecule has 5 heteroatoms. The first-order chi connectivity index (χ1) is 10.7. The third-order valence-electron chi connectivity index (χ3n) is 3.61. The zero-order valence-electron chi connectivity index (χ0n) is 12.3. The number of rotatable bonds is 6. The molecule has 1 atom stereocenters. The fourth-order valence-corrected chi connectivity index (χ4v) is 2.88. The van der Waals surface area contributed by atoms with Crippen LogP contribution in [0.2, 0.25) is 0 Å². The minimum atomic E-state index is -0.351. The van der Waals surface area contributed by atoms with E-state index in [1.165, 1.54) is 7.11 Å². The van der Waals surface area contributed by atoms with E-state index in [2.05, 4.69) is 20.9 Å². The van der Waals surface area contributed by atoms with Gasteiger partial charge in [-0.15, -0.1) is 0 Å². The van der Waals surface area contributed by atoms with E-state index in [9.17, 15) is 9.90 Å². The molecule has 0 amide bonds. The lowest BCUT2D eigenvalue weighted by Gasteiger charge is -2.15. The topological polar surface area (TPSA) is 59.4 Å². The first-order valence-corrected chi connectivity index (χ1v) is 7.82. The van der Waals surface area contributed by atoms with Gasteiger partial charge in [0.25, 0.3) is 0 Å². The zero-order valence-corrected chi connectivity index (χ0v) is 13.9. The van der Waals surface area contributed by atoms with Crippen LogP contribution in [-0.4, -0.2) is 29.8 Å². The predicted octanol–water partition coefficient (Wildman–Crippen LogP) is 3.34. The molecule has 22 heavy (non-hydrogen) atoms. The van der Waals surface area contributed by atoms with Crippen molar-refractivity contribution < 1.29 is 14.6 Å². The summed E-state index contributed by atoms with van der Waals surface area (Å²) in [6.07, 6.45) is 5.11. The van der Waals surface area contributed by atoms with E-state index in [1.807, 2.05) is 18.2 Å². The van der Waals surface area contributed by atoms with Crippen molar-refractivity contribution in [2.24, 2.45) is 0 Å². The molecule has 2 rings (SSSR count). The van der Waals surface area contributed by atoms with Gasteiger partial charge in [0, 0.05) is 29.4 Å². The van der Waals surface area contributed by atoms with Crippen molar-refractivity contribution in [3.8, 4) is 0 Å². The summed E-state index contributed by atoms with van der Waals surface area (Å²) >= 11 is 3.49. The Bertz CT molecular complexity index is 631. The Morgan fingerprint density at radius 2 is 2.23 bits per heavy atom. The molecule has 4 nitrogen and oxygen atoms in total. The van der Waals surface area contributed by atoms with Crippen LogP contribution in [0.3, 0.4) is 0 Å². The van der Waals surface area contributed by atoms with Crippen LogP contribution in [0, 0.1) is 0 Å². The van der Waals surface area contributed by atoms with Crippen LogP contribution in [0.4, 0.5) is 0 Å². The van der Waals surface area contributed by atoms with Gasteiger partial charge in [-0.05, 0) is 42.2 Å². The SMILES string of the molecule is COC(=O)c1ccc(CCC(CO)c2cccnc2)c(Br)c1. The normalized spacial score (nSPS) is 12.0. The molecule has 1 aromatic heterocycles. The van der Waals surface area contributed by atoms with E-state index in [0.29, 0.717) is 5.56 Å². The number of carbonyl (C=O) groups excluding carboxylic acids is 1. The highest BCUT2D eigenvalue weighted by molar-refractivity contribution is 9.10. The Morgan fingerprint density at radius 3 is 2.82 bits per heavy atom. The molecule has 0 bridgehead atoms. The number of aliphatic hydroxyl groups is 1. The van der Waals surface area contributed by atoms with Crippen LogP contribution < -0.4 is 0 Å². The lowest BCUT2D eigenvalue weighted by atomic mass is 9.94. The number of aryl methyl sites for hydroxylation is 1. The van der Waals surface area contributed by atoms with Crippen LogP contribution in [0.15, 0.2) is 47.2 Å². The van der Waals surface area contributed by atoms with Gasteiger partial charge in [-0.2, -0.15) is 0 Å². The summed E-state index contributed by atoms with van der Waals surface area (Å²) in [5.41, 5.74) is 2.64. The number of benzene rings is 1. The van der Waals surface area contributed by atoms with E-state index < -0.39 is 0 Å². The van der Waals surface area contributed by atoms with Crippen LogP contribution >= 0.6 is 15.9 Å². The Balaban J connectivity index is 2.06. The molecule has 0 aliphatic heterocycles. The fourth-order valence-electron chi connectivity index (χ4n) is 2.31. The van der Waals surface area contributed by atoms with Gasteiger partial charge in [0.2, 0.25) is 0 Å². The van der Waals surface area contributed by atoms with Gasteiger partial charge in [0.15, 0.2) is 0 Å². The number of nitrogens with zero attached hydrogens (tertiary/aromatic N) is 1. The van der Waals surface area contributed by atoms with E-state index >= 15 is 0 Å². The summed E-state index contributed by atoms with van der Waals surface area (Å²) in [6, 6.07) is 9.28. The van der Waals surface area contributed by atoms with Gasteiger partial charge in [-0.3, -0.25) is 4.98 Å². The molecule has 1 N–H and O–H groups in total. The number of methoxy groups -OCH3 is 1. The summed E-state index contributed by atoms with van der Waals surface area (Å²) in [6.45, 7) is 0.0869. The number of hydrogen-bond donors (Lipinski definition) is 1. The maximum Gasteiger partial charge on any atom is 0.337 e. The molecule has 1 heterocycles. The van der Waals surface area contributed by atoms with Crippen molar-refractivity contribution in [3.63, 3.8) is 0 Å². The summed E-state index contributed by atoms with van der Waals surface area (Å²) in [4.78, 5) is 15.6. The molecule has 1 aromatic carbocycles. The van der Waals surface area contributed by atoms with Crippen molar-refractivity contribution in [2.75, 3.05) is 13.7 Å². The summed E-state index contributed by atoms with van der Waals surface area (Å²) in [5.74, 6) is -0.295. The summed E-state index contributed by atoms with van der Waals surface area (Å²) < 4.78 is 5.58. The highest BCUT2D eigenvalue weighted by atomic mass is 79.9. The quantitative estimate of drug-likeness (QED) is 0.799. The number of carbonyl (C=O) groups is 1. The maximum atomic E-state index is 11.5. The second kappa shape index (κ2) is 8.06. The Labute approximate surface area is 138 Å². The van der Waals surface area contributed by atoms with Gasteiger partial charge >= 0.3 is 5.97 Å². The summed E-state index contributed by atoms with van der Waals surface area (Å²) in [5, 5.41) is 9.57. The molecular formula is C17H18BrNO3. The number of esters is 1. The maximum absolute atomic E-state index is 11.5.